The zero-order valence-electron chi connectivity index (χ0n) is 18.5. The molecule has 1 aromatic heterocycles. The highest BCUT2D eigenvalue weighted by atomic mass is 16.5. The van der Waals surface area contributed by atoms with E-state index in [1.165, 1.54) is 39.4 Å². The molecule has 0 saturated carbocycles. The summed E-state index contributed by atoms with van der Waals surface area (Å²) in [4.78, 5) is 17.4. The number of carbonyl (C=O) groups is 1. The molecule has 0 aliphatic carbocycles. The van der Waals surface area contributed by atoms with E-state index in [0.29, 0.717) is 0 Å². The number of benzene rings is 2. The number of amides is 1. The molecule has 1 aliphatic rings. The van der Waals surface area contributed by atoms with Gasteiger partial charge >= 0.3 is 0 Å². The molecule has 0 radical (unpaired) electrons. The third-order valence-electron chi connectivity index (χ3n) is 6.10. The van der Waals surface area contributed by atoms with Crippen molar-refractivity contribution < 1.29 is 10.0 Å². The van der Waals surface area contributed by atoms with E-state index in [2.05, 4.69) is 67.1 Å². The summed E-state index contributed by atoms with van der Waals surface area (Å²) < 4.78 is 0. The Balaban J connectivity index is 1.51. The van der Waals surface area contributed by atoms with Gasteiger partial charge in [-0.2, -0.15) is 0 Å². The first-order valence-electron chi connectivity index (χ1n) is 10.9. The van der Waals surface area contributed by atoms with E-state index in [1.54, 1.807) is 11.6 Å². The smallest absolute Gasteiger partial charge is 0.267 e. The second-order valence-corrected chi connectivity index (χ2v) is 9.39. The van der Waals surface area contributed by atoms with Gasteiger partial charge in [-0.25, -0.2) is 5.48 Å². The first-order chi connectivity index (χ1) is 14.8. The molecule has 5 heteroatoms. The highest BCUT2D eigenvalue weighted by molar-refractivity contribution is 5.90. The van der Waals surface area contributed by atoms with E-state index in [-0.39, 0.29) is 5.41 Å². The number of nitrogens with zero attached hydrogens (tertiary/aromatic N) is 1. The van der Waals surface area contributed by atoms with Gasteiger partial charge in [0.25, 0.3) is 5.91 Å². The van der Waals surface area contributed by atoms with Crippen LogP contribution in [-0.4, -0.2) is 34.1 Å². The Morgan fingerprint density at radius 3 is 2.77 bits per heavy atom. The lowest BCUT2D eigenvalue weighted by Gasteiger charge is -2.29. The monoisotopic (exact) mass is 417 g/mol. The summed E-state index contributed by atoms with van der Waals surface area (Å²) in [6, 6.07) is 14.9. The molecule has 3 aromatic rings. The first-order valence-corrected chi connectivity index (χ1v) is 10.9. The number of aromatic amines is 1. The molecule has 3 N–H and O–H groups in total. The number of hydrogen-bond acceptors (Lipinski definition) is 3. The molecule has 0 fully saturated rings. The zero-order valence-corrected chi connectivity index (χ0v) is 18.5. The van der Waals surface area contributed by atoms with E-state index in [0.717, 1.165) is 38.0 Å². The molecule has 0 spiro atoms. The number of hydrogen-bond donors (Lipinski definition) is 3. The van der Waals surface area contributed by atoms with Crippen LogP contribution in [0.1, 0.15) is 48.7 Å². The fraction of sp³-hybridized carbons (Fsp3) is 0.346. The number of hydroxylamine groups is 1. The molecule has 2 heterocycles. The quantitative estimate of drug-likeness (QED) is 0.323. The Hall–Kier alpha value is -2.89. The molecule has 2 aromatic carbocycles. The minimum atomic E-state index is -0.521. The van der Waals surface area contributed by atoms with Gasteiger partial charge in [0.2, 0.25) is 0 Å². The van der Waals surface area contributed by atoms with Crippen LogP contribution in [0.25, 0.3) is 17.0 Å². The lowest BCUT2D eigenvalue weighted by molar-refractivity contribution is -0.124. The largest absolute Gasteiger partial charge is 0.358 e. The number of fused-ring (bicyclic) bond motifs is 2. The third-order valence-corrected chi connectivity index (χ3v) is 6.10. The van der Waals surface area contributed by atoms with Crippen molar-refractivity contribution in [2.75, 3.05) is 13.1 Å². The normalized spacial score (nSPS) is 14.8. The van der Waals surface area contributed by atoms with Crippen molar-refractivity contribution in [3.8, 4) is 0 Å². The average Bonchev–Trinajstić information content (AvgIpc) is 3.15. The number of nitrogens with one attached hydrogen (secondary N) is 2. The lowest BCUT2D eigenvalue weighted by atomic mass is 9.87. The van der Waals surface area contributed by atoms with Crippen LogP contribution < -0.4 is 5.48 Å². The molecular weight excluding hydrogens is 386 g/mol. The Morgan fingerprint density at radius 1 is 1.19 bits per heavy atom. The molecule has 162 valence electrons. The van der Waals surface area contributed by atoms with E-state index < -0.39 is 5.91 Å². The van der Waals surface area contributed by atoms with Crippen molar-refractivity contribution in [1.29, 1.82) is 0 Å². The van der Waals surface area contributed by atoms with Crippen molar-refractivity contribution in [1.82, 2.24) is 15.4 Å². The molecule has 1 aliphatic heterocycles. The summed E-state index contributed by atoms with van der Waals surface area (Å²) in [5.74, 6) is -0.521. The van der Waals surface area contributed by atoms with Crippen molar-refractivity contribution in [3.05, 3.63) is 76.5 Å². The van der Waals surface area contributed by atoms with Crippen LogP contribution in [0.5, 0.6) is 0 Å². The van der Waals surface area contributed by atoms with Crippen LogP contribution in [0.2, 0.25) is 0 Å². The summed E-state index contributed by atoms with van der Waals surface area (Å²) in [7, 11) is 0. The molecule has 5 nitrogen and oxygen atoms in total. The number of H-pyrrole nitrogens is 1. The Kier molecular flexibility index (Phi) is 5.99. The van der Waals surface area contributed by atoms with Gasteiger partial charge in [0.1, 0.15) is 0 Å². The first kappa shape index (κ1) is 21.3. The van der Waals surface area contributed by atoms with Crippen molar-refractivity contribution in [2.24, 2.45) is 0 Å². The van der Waals surface area contributed by atoms with E-state index in [4.69, 9.17) is 5.21 Å². The van der Waals surface area contributed by atoms with Crippen molar-refractivity contribution >= 4 is 22.9 Å². The van der Waals surface area contributed by atoms with Gasteiger partial charge in [0, 0.05) is 47.7 Å². The van der Waals surface area contributed by atoms with Crippen molar-refractivity contribution in [2.45, 2.75) is 45.6 Å². The molecule has 31 heavy (non-hydrogen) atoms. The molecule has 0 saturated heterocycles. The number of carbonyl (C=O) groups excluding carboxylic acids is 1. The van der Waals surface area contributed by atoms with Gasteiger partial charge < -0.3 is 4.98 Å². The summed E-state index contributed by atoms with van der Waals surface area (Å²) in [5, 5.41) is 9.99. The second kappa shape index (κ2) is 8.69. The maximum Gasteiger partial charge on any atom is 0.267 e. The van der Waals surface area contributed by atoms with Gasteiger partial charge in [-0.05, 0) is 47.2 Å². The molecule has 1 amide bonds. The number of rotatable bonds is 5. The van der Waals surface area contributed by atoms with Crippen molar-refractivity contribution in [3.63, 3.8) is 0 Å². The maximum atomic E-state index is 11.3. The van der Waals surface area contributed by atoms with E-state index in [1.807, 2.05) is 6.07 Å². The summed E-state index contributed by atoms with van der Waals surface area (Å²) >= 11 is 0. The molecule has 0 unspecified atom stereocenters. The van der Waals surface area contributed by atoms with Crippen LogP contribution in [0.3, 0.4) is 0 Å². The molecule has 0 bridgehead atoms. The summed E-state index contributed by atoms with van der Waals surface area (Å²) in [6.45, 7) is 9.79. The minimum absolute atomic E-state index is 0.0744. The van der Waals surface area contributed by atoms with E-state index in [9.17, 15) is 4.79 Å². The van der Waals surface area contributed by atoms with Crippen LogP contribution >= 0.6 is 0 Å². The number of aromatic nitrogens is 1. The maximum absolute atomic E-state index is 11.3. The Morgan fingerprint density at radius 2 is 2.00 bits per heavy atom. The SMILES string of the molecule is CC(C)(C)c1[nH]c2ccccc2c1CCN1CCc2ccc(/C=C/C(=O)NO)cc2C1. The Labute approximate surface area is 183 Å². The summed E-state index contributed by atoms with van der Waals surface area (Å²) in [5.41, 5.74) is 9.34. The van der Waals surface area contributed by atoms with Crippen LogP contribution in [0, 0.1) is 0 Å². The number of para-hydroxylation sites is 1. The van der Waals surface area contributed by atoms with Gasteiger partial charge in [-0.15, -0.1) is 0 Å². The minimum Gasteiger partial charge on any atom is -0.358 e. The predicted octanol–water partition coefficient (Wildman–Crippen LogP) is 4.58. The van der Waals surface area contributed by atoms with E-state index >= 15 is 0 Å². The van der Waals surface area contributed by atoms with Gasteiger partial charge in [-0.1, -0.05) is 57.2 Å². The van der Waals surface area contributed by atoms with Gasteiger partial charge in [0.15, 0.2) is 0 Å². The second-order valence-electron chi connectivity index (χ2n) is 9.39. The van der Waals surface area contributed by atoms with Gasteiger partial charge in [-0.3, -0.25) is 14.9 Å². The van der Waals surface area contributed by atoms with Crippen LogP contribution in [0.4, 0.5) is 0 Å². The molecule has 4 rings (SSSR count). The topological polar surface area (TPSA) is 68.4 Å². The highest BCUT2D eigenvalue weighted by Gasteiger charge is 2.23. The summed E-state index contributed by atoms with van der Waals surface area (Å²) in [6.07, 6.45) is 5.12. The fourth-order valence-corrected chi connectivity index (χ4v) is 4.51. The zero-order chi connectivity index (χ0) is 22.0. The van der Waals surface area contributed by atoms with Crippen LogP contribution in [0.15, 0.2) is 48.5 Å². The third kappa shape index (κ3) is 4.73. The average molecular weight is 418 g/mol. The molecule has 0 atom stereocenters. The fourth-order valence-electron chi connectivity index (χ4n) is 4.51. The molecular formula is C26H31N3O2. The Bertz CT molecular complexity index is 1120. The highest BCUT2D eigenvalue weighted by Crippen LogP contribution is 2.32. The standard InChI is InChI=1S/C26H31N3O2/c1-26(2,3)25-22(21-6-4-5-7-23(21)27-25)13-15-29-14-12-19-10-8-18(16-20(19)17-29)9-11-24(30)28-31/h4-11,16,27,31H,12-15,17H2,1-3H3,(H,28,30)/b11-9+. The lowest BCUT2D eigenvalue weighted by Crippen LogP contribution is -2.32. The van der Waals surface area contributed by atoms with Gasteiger partial charge in [0.05, 0.1) is 0 Å². The van der Waals surface area contributed by atoms with Crippen LogP contribution in [-0.2, 0) is 29.6 Å². The predicted molar refractivity (Wildman–Crippen MR) is 125 cm³/mol.